The highest BCUT2D eigenvalue weighted by molar-refractivity contribution is 8.26. The Morgan fingerprint density at radius 1 is 1.05 bits per heavy atom. The number of hydrogen-bond donors (Lipinski definition) is 1. The van der Waals surface area contributed by atoms with E-state index in [1.54, 1.807) is 62.6 Å². The maximum Gasteiger partial charge on any atom is 0.338 e. The minimum Gasteiger partial charge on any atom is -0.456 e. The summed E-state index contributed by atoms with van der Waals surface area (Å²) in [5, 5.41) is 4.50. The first-order chi connectivity index (χ1) is 18.4. The second-order valence-corrected chi connectivity index (χ2v) is 12.2. The van der Waals surface area contributed by atoms with Crippen LogP contribution in [0, 0.1) is 11.6 Å². The Bertz CT molecular complexity index is 1460. The number of anilines is 1. The average molecular weight is 587 g/mol. The first-order valence-electron chi connectivity index (χ1n) is 11.8. The quantitative estimate of drug-likeness (QED) is 0.185. The molecule has 2 heterocycles. The van der Waals surface area contributed by atoms with Crippen LogP contribution < -0.4 is 5.32 Å². The van der Waals surface area contributed by atoms with Gasteiger partial charge in [0, 0.05) is 29.6 Å². The lowest BCUT2D eigenvalue weighted by Gasteiger charge is -2.19. The van der Waals surface area contributed by atoms with Gasteiger partial charge in [-0.25, -0.2) is 13.6 Å². The summed E-state index contributed by atoms with van der Waals surface area (Å²) >= 11 is 7.81. The Morgan fingerprint density at radius 3 is 2.36 bits per heavy atom. The van der Waals surface area contributed by atoms with E-state index < -0.39 is 23.2 Å². The molecule has 6 nitrogen and oxygen atoms in total. The van der Waals surface area contributed by atoms with Crippen LogP contribution in [0.2, 0.25) is 0 Å². The Morgan fingerprint density at radius 2 is 1.72 bits per heavy atom. The number of thiocarbonyl (C=S) groups is 1. The minimum absolute atomic E-state index is 0.0157. The van der Waals surface area contributed by atoms with E-state index in [0.29, 0.717) is 31.6 Å². The van der Waals surface area contributed by atoms with E-state index in [1.807, 2.05) is 0 Å². The summed E-state index contributed by atoms with van der Waals surface area (Å²) in [6, 6.07) is 11.4. The van der Waals surface area contributed by atoms with Crippen LogP contribution in [0.25, 0.3) is 17.2 Å². The van der Waals surface area contributed by atoms with Crippen LogP contribution in [0.1, 0.15) is 42.4 Å². The molecule has 1 aliphatic heterocycles. The molecule has 2 aromatic carbocycles. The van der Waals surface area contributed by atoms with Gasteiger partial charge in [-0.05, 0) is 85.8 Å². The van der Waals surface area contributed by atoms with Gasteiger partial charge in [-0.15, -0.1) is 11.3 Å². The molecule has 2 amide bonds. The monoisotopic (exact) mass is 586 g/mol. The fraction of sp³-hybridized carbons (Fsp3) is 0.214. The summed E-state index contributed by atoms with van der Waals surface area (Å²) in [4.78, 5) is 40.1. The third-order valence-corrected chi connectivity index (χ3v) is 7.59. The van der Waals surface area contributed by atoms with Gasteiger partial charge in [0.25, 0.3) is 5.91 Å². The van der Waals surface area contributed by atoms with Gasteiger partial charge in [-0.1, -0.05) is 24.0 Å². The van der Waals surface area contributed by atoms with Crippen LogP contribution in [-0.2, 0) is 14.3 Å². The van der Waals surface area contributed by atoms with Crippen LogP contribution in [0.5, 0.6) is 0 Å². The van der Waals surface area contributed by atoms with Crippen LogP contribution in [0.3, 0.4) is 0 Å². The Balaban J connectivity index is 1.33. The Hall–Kier alpha value is -3.41. The van der Waals surface area contributed by atoms with Crippen molar-refractivity contribution >= 4 is 69.2 Å². The number of thioether (sulfide) groups is 1. The smallest absolute Gasteiger partial charge is 0.338 e. The molecule has 0 unspecified atom stereocenters. The van der Waals surface area contributed by atoms with Crippen LogP contribution >= 0.6 is 35.3 Å². The number of ether oxygens (including phenoxy) is 1. The summed E-state index contributed by atoms with van der Waals surface area (Å²) in [5.41, 5.74) is 1.30. The van der Waals surface area contributed by atoms with Gasteiger partial charge in [0.1, 0.15) is 21.6 Å². The van der Waals surface area contributed by atoms with Crippen molar-refractivity contribution in [2.75, 3.05) is 11.9 Å². The van der Waals surface area contributed by atoms with Crippen molar-refractivity contribution in [3.05, 3.63) is 80.9 Å². The lowest BCUT2D eigenvalue weighted by atomic mass is 10.1. The molecule has 39 heavy (non-hydrogen) atoms. The number of amides is 2. The number of halogens is 2. The highest BCUT2D eigenvalue weighted by Crippen LogP contribution is 2.35. The van der Waals surface area contributed by atoms with Crippen molar-refractivity contribution in [3.63, 3.8) is 0 Å². The molecule has 1 aromatic heterocycles. The van der Waals surface area contributed by atoms with Crippen LogP contribution in [-0.4, -0.2) is 39.1 Å². The Labute approximate surface area is 238 Å². The highest BCUT2D eigenvalue weighted by atomic mass is 32.2. The third-order valence-electron chi connectivity index (χ3n) is 5.33. The number of nitrogens with zero attached hydrogens (tertiary/aromatic N) is 1. The van der Waals surface area contributed by atoms with Crippen molar-refractivity contribution in [1.82, 2.24) is 4.90 Å². The first kappa shape index (κ1) is 28.6. The molecule has 0 spiro atoms. The van der Waals surface area contributed by atoms with Gasteiger partial charge in [-0.2, -0.15) is 0 Å². The summed E-state index contributed by atoms with van der Waals surface area (Å²) in [5.74, 6) is -2.42. The lowest BCUT2D eigenvalue weighted by molar-refractivity contribution is -0.122. The molecule has 0 radical (unpaired) electrons. The van der Waals surface area contributed by atoms with Gasteiger partial charge in [0.05, 0.1) is 10.5 Å². The lowest BCUT2D eigenvalue weighted by Crippen LogP contribution is -2.31. The zero-order valence-corrected chi connectivity index (χ0v) is 23.7. The maximum absolute atomic E-state index is 13.6. The van der Waals surface area contributed by atoms with E-state index in [-0.39, 0.29) is 24.8 Å². The summed E-state index contributed by atoms with van der Waals surface area (Å²) in [7, 11) is 0. The number of benzene rings is 2. The number of carbonyl (C=O) groups excluding carboxylic acids is 3. The molecule has 202 valence electrons. The predicted octanol–water partition coefficient (Wildman–Crippen LogP) is 6.88. The van der Waals surface area contributed by atoms with Gasteiger partial charge in [0.2, 0.25) is 5.91 Å². The Kier molecular flexibility index (Phi) is 8.63. The topological polar surface area (TPSA) is 75.7 Å². The standard InChI is InChI=1S/C28H24F2N2O4S3/c1-28(2,3)36-26(35)16-4-6-21(7-5-16)31-24(33)8-9-32-25(34)23(39-27(32)37)14-22-12-18(15-38-22)17-10-19(29)13-20(30)11-17/h4-7,10-15H,8-9H2,1-3H3,(H,31,33)/b23-14-. The SMILES string of the molecule is CC(C)(C)OC(=O)c1ccc(NC(=O)CCN2C(=O)/C(=C/c3cc(-c4cc(F)cc(F)c4)cs3)SC2=S)cc1. The number of carbonyl (C=O) groups is 3. The second kappa shape index (κ2) is 11.8. The molecule has 1 fully saturated rings. The van der Waals surface area contributed by atoms with Gasteiger partial charge in [0.15, 0.2) is 0 Å². The van der Waals surface area contributed by atoms with Gasteiger partial charge >= 0.3 is 5.97 Å². The van der Waals surface area contributed by atoms with Crippen molar-refractivity contribution in [1.29, 1.82) is 0 Å². The fourth-order valence-electron chi connectivity index (χ4n) is 3.59. The molecule has 4 rings (SSSR count). The normalized spacial score (nSPS) is 14.7. The van der Waals surface area contributed by atoms with E-state index in [4.69, 9.17) is 17.0 Å². The average Bonchev–Trinajstić information content (AvgIpc) is 3.41. The molecular weight excluding hydrogens is 563 g/mol. The van der Waals surface area contributed by atoms with Crippen molar-refractivity contribution in [2.24, 2.45) is 0 Å². The summed E-state index contributed by atoms with van der Waals surface area (Å²) in [6.45, 7) is 5.44. The van der Waals surface area contributed by atoms with Crippen molar-refractivity contribution < 1.29 is 27.9 Å². The van der Waals surface area contributed by atoms with Crippen molar-refractivity contribution in [2.45, 2.75) is 32.8 Å². The number of nitrogens with one attached hydrogen (secondary N) is 1. The molecular formula is C28H24F2N2O4S3. The summed E-state index contributed by atoms with van der Waals surface area (Å²) in [6.07, 6.45) is 1.69. The zero-order chi connectivity index (χ0) is 28.3. The molecule has 1 saturated heterocycles. The molecule has 0 saturated carbocycles. The predicted molar refractivity (Wildman–Crippen MR) is 154 cm³/mol. The van der Waals surface area contributed by atoms with E-state index >= 15 is 0 Å². The number of rotatable bonds is 7. The van der Waals surface area contributed by atoms with Gasteiger partial charge < -0.3 is 10.1 Å². The van der Waals surface area contributed by atoms with E-state index in [0.717, 1.165) is 22.7 Å². The highest BCUT2D eigenvalue weighted by Gasteiger charge is 2.32. The van der Waals surface area contributed by atoms with E-state index in [1.165, 1.54) is 28.4 Å². The number of thiophene rings is 1. The van der Waals surface area contributed by atoms with Crippen LogP contribution in [0.15, 0.2) is 58.8 Å². The number of esters is 1. The zero-order valence-electron chi connectivity index (χ0n) is 21.2. The maximum atomic E-state index is 13.6. The molecule has 1 N–H and O–H groups in total. The van der Waals surface area contributed by atoms with Crippen molar-refractivity contribution in [3.8, 4) is 11.1 Å². The molecule has 11 heteroatoms. The molecule has 0 bridgehead atoms. The molecule has 1 aliphatic rings. The van der Waals surface area contributed by atoms with Gasteiger partial charge in [-0.3, -0.25) is 14.5 Å². The van der Waals surface area contributed by atoms with Crippen LogP contribution in [0.4, 0.5) is 14.5 Å². The molecule has 3 aromatic rings. The van der Waals surface area contributed by atoms with E-state index in [9.17, 15) is 23.2 Å². The number of hydrogen-bond acceptors (Lipinski definition) is 7. The fourth-order valence-corrected chi connectivity index (χ4v) is 5.81. The molecule has 0 aliphatic carbocycles. The summed E-state index contributed by atoms with van der Waals surface area (Å²) < 4.78 is 32.8. The largest absolute Gasteiger partial charge is 0.456 e. The first-order valence-corrected chi connectivity index (χ1v) is 13.9. The second-order valence-electron chi connectivity index (χ2n) is 9.61. The third kappa shape index (κ3) is 7.59. The van der Waals surface area contributed by atoms with E-state index in [2.05, 4.69) is 5.32 Å². The minimum atomic E-state index is -0.666. The molecule has 0 atom stereocenters.